The standard InChI is InChI=1S/C25H52N2O4.2FH/c1-3-5-6-7-8-9-10-11-12-13-14-15-16-17-18-19-20-26-25(4-2)27(30-23-21-28)31-24-22-29;;/h19-20,25-26,28-29H,3-18,21-24H2,1-2H3;2*1H. The number of hydrogen-bond acceptors (Lipinski definition) is 6. The summed E-state index contributed by atoms with van der Waals surface area (Å²) in [4.78, 5) is 10.8. The molecule has 0 spiro atoms. The van der Waals surface area contributed by atoms with Crippen molar-refractivity contribution in [2.45, 2.75) is 123 Å². The van der Waals surface area contributed by atoms with Crippen LogP contribution in [0.25, 0.3) is 0 Å². The summed E-state index contributed by atoms with van der Waals surface area (Å²) in [6.45, 7) is 4.46. The van der Waals surface area contributed by atoms with E-state index in [0.29, 0.717) is 0 Å². The molecule has 33 heavy (non-hydrogen) atoms. The molecule has 0 rings (SSSR count). The van der Waals surface area contributed by atoms with Gasteiger partial charge in [-0.15, -0.1) is 0 Å². The molecule has 0 aromatic rings. The van der Waals surface area contributed by atoms with E-state index in [1.807, 2.05) is 13.1 Å². The predicted octanol–water partition coefficient (Wildman–Crippen LogP) is 6.15. The summed E-state index contributed by atoms with van der Waals surface area (Å²) >= 11 is 0. The van der Waals surface area contributed by atoms with E-state index in [2.05, 4.69) is 18.3 Å². The molecular weight excluding hydrogens is 430 g/mol. The molecule has 0 heterocycles. The highest BCUT2D eigenvalue weighted by Gasteiger charge is 2.17. The van der Waals surface area contributed by atoms with E-state index in [0.717, 1.165) is 12.8 Å². The maximum Gasteiger partial charge on any atom is 0.130 e. The third kappa shape index (κ3) is 25.7. The lowest BCUT2D eigenvalue weighted by atomic mass is 10.0. The Kier molecular flexibility index (Phi) is 34.8. The topological polar surface area (TPSA) is 74.2 Å². The Morgan fingerprint density at radius 3 is 1.52 bits per heavy atom. The van der Waals surface area contributed by atoms with Gasteiger partial charge in [0.05, 0.1) is 26.4 Å². The number of aliphatic hydroxyl groups excluding tert-OH is 2. The van der Waals surface area contributed by atoms with Gasteiger partial charge in [0, 0.05) is 0 Å². The van der Waals surface area contributed by atoms with Crippen LogP contribution >= 0.6 is 0 Å². The summed E-state index contributed by atoms with van der Waals surface area (Å²) in [6, 6.07) is 0. The van der Waals surface area contributed by atoms with E-state index >= 15 is 0 Å². The van der Waals surface area contributed by atoms with Crippen LogP contribution in [0.3, 0.4) is 0 Å². The molecule has 6 nitrogen and oxygen atoms in total. The number of hydroxylamine groups is 2. The van der Waals surface area contributed by atoms with Crippen molar-refractivity contribution < 1.29 is 29.3 Å². The van der Waals surface area contributed by atoms with Gasteiger partial charge >= 0.3 is 0 Å². The number of nitrogens with zero attached hydrogens (tertiary/aromatic N) is 1. The molecule has 0 saturated heterocycles. The fourth-order valence-electron chi connectivity index (χ4n) is 3.53. The number of nitrogens with one attached hydrogen (secondary N) is 1. The number of hydrogen-bond donors (Lipinski definition) is 3. The second-order valence-corrected chi connectivity index (χ2v) is 8.28. The van der Waals surface area contributed by atoms with Gasteiger partial charge in [-0.1, -0.05) is 103 Å². The molecule has 0 fully saturated rings. The number of halogens is 2. The SMILES string of the molecule is CCCCCCCCCCCCCCCCC=CNC(CC)N(OCCO)OCCO.F.F. The molecule has 202 valence electrons. The minimum Gasteiger partial charge on any atom is -0.394 e. The van der Waals surface area contributed by atoms with E-state index in [1.54, 1.807) is 0 Å². The van der Waals surface area contributed by atoms with Gasteiger partial charge < -0.3 is 15.5 Å². The Hall–Kier alpha value is -0.800. The average Bonchev–Trinajstić information content (AvgIpc) is 2.79. The molecule has 0 aromatic carbocycles. The predicted molar refractivity (Wildman–Crippen MR) is 134 cm³/mol. The molecule has 0 aliphatic carbocycles. The molecule has 1 unspecified atom stereocenters. The molecular formula is C25H54F2N2O4. The molecule has 3 N–H and O–H groups in total. The lowest BCUT2D eigenvalue weighted by Gasteiger charge is -2.28. The Morgan fingerprint density at radius 2 is 1.12 bits per heavy atom. The Labute approximate surface area is 201 Å². The average molecular weight is 485 g/mol. The Morgan fingerprint density at radius 1 is 0.697 bits per heavy atom. The van der Waals surface area contributed by atoms with Crippen LogP contribution in [-0.2, 0) is 9.68 Å². The van der Waals surface area contributed by atoms with Gasteiger partial charge in [0.25, 0.3) is 0 Å². The summed E-state index contributed by atoms with van der Waals surface area (Å²) < 4.78 is 0. The van der Waals surface area contributed by atoms with Crippen LogP contribution in [0, 0.1) is 0 Å². The van der Waals surface area contributed by atoms with Crippen molar-refractivity contribution in [2.24, 2.45) is 0 Å². The van der Waals surface area contributed by atoms with Crippen molar-refractivity contribution in [1.29, 1.82) is 0 Å². The van der Waals surface area contributed by atoms with Crippen molar-refractivity contribution in [2.75, 3.05) is 26.4 Å². The van der Waals surface area contributed by atoms with E-state index in [4.69, 9.17) is 19.9 Å². The smallest absolute Gasteiger partial charge is 0.130 e. The molecule has 0 radical (unpaired) electrons. The highest BCUT2D eigenvalue weighted by molar-refractivity contribution is 4.81. The zero-order valence-electron chi connectivity index (χ0n) is 21.3. The van der Waals surface area contributed by atoms with E-state index in [1.165, 1.54) is 95.1 Å². The molecule has 0 aliphatic heterocycles. The summed E-state index contributed by atoms with van der Waals surface area (Å²) in [5.74, 6) is 0. The van der Waals surface area contributed by atoms with Gasteiger partial charge in [0.1, 0.15) is 6.17 Å². The van der Waals surface area contributed by atoms with Crippen molar-refractivity contribution in [3.05, 3.63) is 12.3 Å². The van der Waals surface area contributed by atoms with Gasteiger partial charge in [-0.05, 0) is 30.7 Å². The number of aliphatic hydroxyl groups is 2. The molecule has 0 saturated carbocycles. The van der Waals surface area contributed by atoms with Gasteiger partial charge in [0.15, 0.2) is 0 Å². The normalized spacial score (nSPS) is 12.0. The molecule has 0 aliphatic rings. The van der Waals surface area contributed by atoms with Gasteiger partial charge in [0.2, 0.25) is 0 Å². The number of rotatable bonds is 25. The highest BCUT2D eigenvalue weighted by Crippen LogP contribution is 2.13. The first-order valence-corrected chi connectivity index (χ1v) is 13.0. The van der Waals surface area contributed by atoms with Crippen LogP contribution < -0.4 is 5.32 Å². The van der Waals surface area contributed by atoms with Gasteiger partial charge in [-0.2, -0.15) is 0 Å². The van der Waals surface area contributed by atoms with Crippen molar-refractivity contribution >= 4 is 0 Å². The summed E-state index contributed by atoms with van der Waals surface area (Å²) in [5.41, 5.74) is 0. The van der Waals surface area contributed by atoms with Crippen molar-refractivity contribution in [1.82, 2.24) is 10.5 Å². The van der Waals surface area contributed by atoms with Gasteiger partial charge in [-0.25, -0.2) is 0 Å². The van der Waals surface area contributed by atoms with Crippen LogP contribution in [-0.4, -0.2) is 48.0 Å². The number of allylic oxidation sites excluding steroid dienone is 1. The zero-order chi connectivity index (χ0) is 22.8. The minimum absolute atomic E-state index is 0. The third-order valence-corrected chi connectivity index (χ3v) is 5.39. The van der Waals surface area contributed by atoms with Crippen LogP contribution in [0.4, 0.5) is 9.41 Å². The molecule has 0 bridgehead atoms. The van der Waals surface area contributed by atoms with Gasteiger partial charge in [-0.3, -0.25) is 19.1 Å². The Balaban J connectivity index is -0.00000450. The third-order valence-electron chi connectivity index (χ3n) is 5.39. The summed E-state index contributed by atoms with van der Waals surface area (Å²) in [6.07, 6.45) is 25.1. The maximum absolute atomic E-state index is 8.94. The van der Waals surface area contributed by atoms with Crippen LogP contribution in [0.15, 0.2) is 12.3 Å². The minimum atomic E-state index is -0.161. The van der Waals surface area contributed by atoms with Crippen LogP contribution in [0.5, 0.6) is 0 Å². The molecule has 0 amide bonds. The van der Waals surface area contributed by atoms with Crippen LogP contribution in [0.1, 0.15) is 117 Å². The van der Waals surface area contributed by atoms with E-state index < -0.39 is 0 Å². The first-order valence-electron chi connectivity index (χ1n) is 13.0. The van der Waals surface area contributed by atoms with E-state index in [-0.39, 0.29) is 42.0 Å². The van der Waals surface area contributed by atoms with Crippen molar-refractivity contribution in [3.63, 3.8) is 0 Å². The fraction of sp³-hybridized carbons (Fsp3) is 0.920. The van der Waals surface area contributed by atoms with E-state index in [9.17, 15) is 0 Å². The first-order chi connectivity index (χ1) is 15.3. The first kappa shape index (κ1) is 36.8. The monoisotopic (exact) mass is 484 g/mol. The van der Waals surface area contributed by atoms with Crippen LogP contribution in [0.2, 0.25) is 0 Å². The summed E-state index contributed by atoms with van der Waals surface area (Å²) in [7, 11) is 0. The molecule has 8 heteroatoms. The lowest BCUT2D eigenvalue weighted by molar-refractivity contribution is -0.394. The van der Waals surface area contributed by atoms with Crippen molar-refractivity contribution in [3.8, 4) is 0 Å². The fourth-order valence-corrected chi connectivity index (χ4v) is 3.53. The quantitative estimate of drug-likeness (QED) is 0.0820. The summed E-state index contributed by atoms with van der Waals surface area (Å²) in [5, 5.41) is 22.5. The zero-order valence-corrected chi connectivity index (χ0v) is 21.3. The maximum atomic E-state index is 8.94. The largest absolute Gasteiger partial charge is 0.394 e. The second-order valence-electron chi connectivity index (χ2n) is 8.28. The molecule has 0 aromatic heterocycles. The molecule has 1 atom stereocenters. The Bertz CT molecular complexity index is 372. The lowest BCUT2D eigenvalue weighted by Crippen LogP contribution is -2.44. The highest BCUT2D eigenvalue weighted by atomic mass is 19.0. The number of unbranched alkanes of at least 4 members (excludes halogenated alkanes) is 14. The second kappa shape index (κ2) is 31.2.